The summed E-state index contributed by atoms with van der Waals surface area (Å²) in [5, 5.41) is 3.02. The van der Waals surface area contributed by atoms with Gasteiger partial charge in [0.05, 0.1) is 0 Å². The van der Waals surface area contributed by atoms with Crippen LogP contribution in [0.15, 0.2) is 24.3 Å². The second-order valence-electron chi connectivity index (χ2n) is 9.99. The molecule has 1 aromatic carbocycles. The van der Waals surface area contributed by atoms with Gasteiger partial charge in [-0.1, -0.05) is 64.0 Å². The van der Waals surface area contributed by atoms with Gasteiger partial charge in [0.1, 0.15) is 5.60 Å². The van der Waals surface area contributed by atoms with E-state index in [1.807, 2.05) is 39.8 Å². The highest BCUT2D eigenvalue weighted by Crippen LogP contribution is 2.13. The van der Waals surface area contributed by atoms with E-state index >= 15 is 0 Å². The molecule has 1 atom stereocenters. The van der Waals surface area contributed by atoms with Crippen molar-refractivity contribution in [1.82, 2.24) is 10.2 Å². The third-order valence-electron chi connectivity index (χ3n) is 5.52. The molecule has 0 bridgehead atoms. The minimum absolute atomic E-state index is 0.0376. The van der Waals surface area contributed by atoms with E-state index in [0.29, 0.717) is 18.5 Å². The Morgan fingerprint density at radius 3 is 2.09 bits per heavy atom. The van der Waals surface area contributed by atoms with Gasteiger partial charge in [0.15, 0.2) is 0 Å². The molecule has 0 fully saturated rings. The van der Waals surface area contributed by atoms with Gasteiger partial charge in [-0.25, -0.2) is 4.79 Å². The molecule has 2 amide bonds. The summed E-state index contributed by atoms with van der Waals surface area (Å²) >= 11 is 0. The second kappa shape index (κ2) is 14.9. The van der Waals surface area contributed by atoms with E-state index in [1.54, 1.807) is 11.9 Å². The van der Waals surface area contributed by atoms with Gasteiger partial charge in [-0.2, -0.15) is 0 Å². The molecule has 0 spiro atoms. The fourth-order valence-electron chi connectivity index (χ4n) is 3.48. The molecule has 5 heteroatoms. The molecule has 0 aliphatic rings. The lowest BCUT2D eigenvalue weighted by Crippen LogP contribution is -2.38. The first-order valence-corrected chi connectivity index (χ1v) is 12.5. The number of unbranched alkanes of at least 4 members (excludes halogenated alkanes) is 7. The Morgan fingerprint density at radius 1 is 0.969 bits per heavy atom. The Bertz CT molecular complexity index is 664. The number of aryl methyl sites for hydroxylation is 1. The van der Waals surface area contributed by atoms with Gasteiger partial charge < -0.3 is 15.0 Å². The maximum atomic E-state index is 12.5. The van der Waals surface area contributed by atoms with Crippen molar-refractivity contribution in [2.24, 2.45) is 0 Å². The summed E-state index contributed by atoms with van der Waals surface area (Å²) < 4.78 is 5.35. The molecule has 1 aromatic rings. The summed E-state index contributed by atoms with van der Waals surface area (Å²) in [6.45, 7) is 10.3. The van der Waals surface area contributed by atoms with Crippen LogP contribution in [0.2, 0.25) is 0 Å². The van der Waals surface area contributed by atoms with Gasteiger partial charge in [0, 0.05) is 25.2 Å². The molecule has 5 nitrogen and oxygen atoms in total. The summed E-state index contributed by atoms with van der Waals surface area (Å²) in [7, 11) is 1.72. The van der Waals surface area contributed by atoms with Crippen LogP contribution in [0.1, 0.15) is 108 Å². The van der Waals surface area contributed by atoms with Gasteiger partial charge in [0.2, 0.25) is 0 Å². The third-order valence-corrected chi connectivity index (χ3v) is 5.52. The van der Waals surface area contributed by atoms with Crippen LogP contribution in [-0.4, -0.2) is 42.1 Å². The number of amides is 2. The SMILES string of the molecule is CCCCCCCCCCc1ccc(C(=O)N[C@@H](C)CCN(C)C(=O)OC(C)(C)C)cc1. The van der Waals surface area contributed by atoms with E-state index in [2.05, 4.69) is 24.4 Å². The van der Waals surface area contributed by atoms with Gasteiger partial charge in [0.25, 0.3) is 5.91 Å². The van der Waals surface area contributed by atoms with Crippen LogP contribution in [0.3, 0.4) is 0 Å². The molecule has 0 saturated carbocycles. The summed E-state index contributed by atoms with van der Waals surface area (Å²) in [5.74, 6) is -0.0731. The van der Waals surface area contributed by atoms with Crippen molar-refractivity contribution in [3.05, 3.63) is 35.4 Å². The van der Waals surface area contributed by atoms with E-state index in [1.165, 1.54) is 56.9 Å². The Balaban J connectivity index is 2.29. The Labute approximate surface area is 196 Å². The number of hydrogen-bond acceptors (Lipinski definition) is 3. The minimum Gasteiger partial charge on any atom is -0.444 e. The topological polar surface area (TPSA) is 58.6 Å². The Kier molecular flexibility index (Phi) is 13.0. The lowest BCUT2D eigenvalue weighted by atomic mass is 10.0. The lowest BCUT2D eigenvalue weighted by molar-refractivity contribution is 0.0294. The molecule has 0 saturated heterocycles. The number of ether oxygens (including phenoxy) is 1. The summed E-state index contributed by atoms with van der Waals surface area (Å²) in [6, 6.07) is 7.92. The molecule has 0 heterocycles. The molecule has 0 unspecified atom stereocenters. The zero-order chi connectivity index (χ0) is 24.0. The Morgan fingerprint density at radius 2 is 1.53 bits per heavy atom. The number of carbonyl (C=O) groups excluding carboxylic acids is 2. The fourth-order valence-corrected chi connectivity index (χ4v) is 3.48. The minimum atomic E-state index is -0.508. The lowest BCUT2D eigenvalue weighted by Gasteiger charge is -2.25. The van der Waals surface area contributed by atoms with Crippen molar-refractivity contribution < 1.29 is 14.3 Å². The highest BCUT2D eigenvalue weighted by molar-refractivity contribution is 5.94. The first kappa shape index (κ1) is 28.0. The number of nitrogens with zero attached hydrogens (tertiary/aromatic N) is 1. The maximum absolute atomic E-state index is 12.5. The number of benzene rings is 1. The predicted molar refractivity (Wildman–Crippen MR) is 133 cm³/mol. The molecule has 1 rings (SSSR count). The largest absolute Gasteiger partial charge is 0.444 e. The summed E-state index contributed by atoms with van der Waals surface area (Å²) in [4.78, 5) is 26.1. The highest BCUT2D eigenvalue weighted by Gasteiger charge is 2.20. The first-order valence-electron chi connectivity index (χ1n) is 12.5. The van der Waals surface area contributed by atoms with Crippen molar-refractivity contribution in [1.29, 1.82) is 0 Å². The quantitative estimate of drug-likeness (QED) is 0.322. The van der Waals surface area contributed by atoms with Crippen molar-refractivity contribution in [2.75, 3.05) is 13.6 Å². The average molecular weight is 447 g/mol. The van der Waals surface area contributed by atoms with Crippen LogP contribution in [-0.2, 0) is 11.2 Å². The molecule has 0 radical (unpaired) electrons. The average Bonchev–Trinajstić information content (AvgIpc) is 2.73. The van der Waals surface area contributed by atoms with Gasteiger partial charge in [-0.15, -0.1) is 0 Å². The zero-order valence-electron chi connectivity index (χ0n) is 21.3. The first-order chi connectivity index (χ1) is 15.1. The second-order valence-corrected chi connectivity index (χ2v) is 9.99. The van der Waals surface area contributed by atoms with Crippen molar-refractivity contribution in [2.45, 2.75) is 110 Å². The molecule has 0 aromatic heterocycles. The Hall–Kier alpha value is -2.04. The van der Waals surface area contributed by atoms with E-state index in [9.17, 15) is 9.59 Å². The third kappa shape index (κ3) is 12.7. The number of carbonyl (C=O) groups is 2. The van der Waals surface area contributed by atoms with Gasteiger partial charge >= 0.3 is 6.09 Å². The van der Waals surface area contributed by atoms with Crippen LogP contribution in [0.4, 0.5) is 4.79 Å². The summed E-state index contributed by atoms with van der Waals surface area (Å²) in [6.07, 6.45) is 12.0. The zero-order valence-corrected chi connectivity index (χ0v) is 21.3. The van der Waals surface area contributed by atoms with E-state index < -0.39 is 5.60 Å². The van der Waals surface area contributed by atoms with Crippen molar-refractivity contribution in [3.8, 4) is 0 Å². The normalized spacial score (nSPS) is 12.3. The van der Waals surface area contributed by atoms with Crippen molar-refractivity contribution in [3.63, 3.8) is 0 Å². The molecule has 182 valence electrons. The van der Waals surface area contributed by atoms with Crippen LogP contribution in [0.25, 0.3) is 0 Å². The van der Waals surface area contributed by atoms with Gasteiger partial charge in [-0.05, 0) is 64.7 Å². The van der Waals surface area contributed by atoms with Crippen LogP contribution >= 0.6 is 0 Å². The number of hydrogen-bond donors (Lipinski definition) is 1. The van der Waals surface area contributed by atoms with E-state index in [-0.39, 0.29) is 18.0 Å². The highest BCUT2D eigenvalue weighted by atomic mass is 16.6. The predicted octanol–water partition coefficient (Wildman–Crippen LogP) is 6.75. The van der Waals surface area contributed by atoms with E-state index in [0.717, 1.165) is 6.42 Å². The van der Waals surface area contributed by atoms with Crippen LogP contribution in [0, 0.1) is 0 Å². The summed E-state index contributed by atoms with van der Waals surface area (Å²) in [5.41, 5.74) is 1.46. The van der Waals surface area contributed by atoms with Crippen LogP contribution in [0.5, 0.6) is 0 Å². The maximum Gasteiger partial charge on any atom is 0.410 e. The molecule has 32 heavy (non-hydrogen) atoms. The number of nitrogens with one attached hydrogen (secondary N) is 1. The molecule has 1 N–H and O–H groups in total. The number of rotatable bonds is 14. The van der Waals surface area contributed by atoms with Crippen molar-refractivity contribution >= 4 is 12.0 Å². The smallest absolute Gasteiger partial charge is 0.410 e. The standard InChI is InChI=1S/C27H46N2O3/c1-7-8-9-10-11-12-13-14-15-23-16-18-24(19-17-23)25(30)28-22(2)20-21-29(6)26(31)32-27(3,4)5/h16-19,22H,7-15,20-21H2,1-6H3,(H,28,30)/t22-/m0/s1. The molecule has 0 aliphatic carbocycles. The van der Waals surface area contributed by atoms with Gasteiger partial charge in [-0.3, -0.25) is 4.79 Å². The van der Waals surface area contributed by atoms with E-state index in [4.69, 9.17) is 4.74 Å². The molecule has 0 aliphatic heterocycles. The monoisotopic (exact) mass is 446 g/mol. The fraction of sp³-hybridized carbons (Fsp3) is 0.704. The molecular weight excluding hydrogens is 400 g/mol. The van der Waals surface area contributed by atoms with Crippen LogP contribution < -0.4 is 5.32 Å². The molecular formula is C27H46N2O3.